The molecule has 88 valence electrons. The number of hydrogen-bond donors (Lipinski definition) is 2. The van der Waals surface area contributed by atoms with E-state index in [4.69, 9.17) is 5.73 Å². The number of hydrogen-bond acceptors (Lipinski definition) is 4. The fourth-order valence-corrected chi connectivity index (χ4v) is 1.94. The molecule has 1 fully saturated rings. The lowest BCUT2D eigenvalue weighted by Gasteiger charge is -2.27. The van der Waals surface area contributed by atoms with E-state index < -0.39 is 0 Å². The third kappa shape index (κ3) is 2.32. The van der Waals surface area contributed by atoms with Crippen molar-refractivity contribution in [3.05, 3.63) is 17.7 Å². The smallest absolute Gasteiger partial charge is 0.128 e. The van der Waals surface area contributed by atoms with E-state index in [1.165, 1.54) is 25.0 Å². The molecule has 16 heavy (non-hydrogen) atoms. The van der Waals surface area contributed by atoms with Crippen LogP contribution in [0.4, 0.5) is 5.69 Å². The summed E-state index contributed by atoms with van der Waals surface area (Å²) in [6, 6.07) is 0. The lowest BCUT2D eigenvalue weighted by atomic mass is 9.82. The minimum atomic E-state index is 0.633. The molecule has 0 amide bonds. The summed E-state index contributed by atoms with van der Waals surface area (Å²) >= 11 is 0. The van der Waals surface area contributed by atoms with Crippen LogP contribution < -0.4 is 11.1 Å². The van der Waals surface area contributed by atoms with E-state index in [1.807, 2.05) is 6.20 Å². The van der Waals surface area contributed by atoms with Gasteiger partial charge >= 0.3 is 0 Å². The Balaban J connectivity index is 2.20. The Bertz CT molecular complexity index is 347. The zero-order valence-corrected chi connectivity index (χ0v) is 9.87. The topological polar surface area (TPSA) is 63.8 Å². The molecule has 1 saturated carbocycles. The molecule has 1 heterocycles. The predicted octanol–water partition coefficient (Wildman–Crippen LogP) is 1.68. The van der Waals surface area contributed by atoms with Crippen LogP contribution in [0, 0.1) is 0 Å². The van der Waals surface area contributed by atoms with Gasteiger partial charge in [-0.3, -0.25) is 0 Å². The fraction of sp³-hybridized carbons (Fsp3) is 0.667. The second kappa shape index (κ2) is 5.25. The summed E-state index contributed by atoms with van der Waals surface area (Å²) in [5.41, 5.74) is 7.78. The van der Waals surface area contributed by atoms with Crippen molar-refractivity contribution >= 4 is 5.69 Å². The van der Waals surface area contributed by atoms with Gasteiger partial charge in [0.15, 0.2) is 0 Å². The molecular weight excluding hydrogens is 200 g/mol. The van der Waals surface area contributed by atoms with Crippen molar-refractivity contribution in [3.8, 4) is 0 Å². The zero-order chi connectivity index (χ0) is 11.4. The summed E-state index contributed by atoms with van der Waals surface area (Å²) in [6.07, 6.45) is 6.66. The Morgan fingerprint density at radius 1 is 1.50 bits per heavy atom. The van der Waals surface area contributed by atoms with Gasteiger partial charge in [0.1, 0.15) is 5.82 Å². The van der Waals surface area contributed by atoms with E-state index in [0.29, 0.717) is 12.5 Å². The standard InChI is InChI=1S/C12H20N4/c1-2-11-15-8-10(14-7-6-13)12(16-11)9-4-3-5-9/h8-9,14H,2-7,13H2,1H3. The van der Waals surface area contributed by atoms with Gasteiger partial charge in [-0.05, 0) is 12.8 Å². The first-order valence-corrected chi connectivity index (χ1v) is 6.15. The summed E-state index contributed by atoms with van der Waals surface area (Å²) in [5.74, 6) is 1.58. The number of rotatable bonds is 5. The van der Waals surface area contributed by atoms with E-state index in [-0.39, 0.29) is 0 Å². The summed E-state index contributed by atoms with van der Waals surface area (Å²) in [5, 5.41) is 3.31. The van der Waals surface area contributed by atoms with Crippen LogP contribution in [0.3, 0.4) is 0 Å². The second-order valence-electron chi connectivity index (χ2n) is 4.28. The molecule has 0 saturated heterocycles. The highest BCUT2D eigenvalue weighted by Crippen LogP contribution is 2.38. The zero-order valence-electron chi connectivity index (χ0n) is 9.87. The number of nitrogens with two attached hydrogens (primary N) is 1. The lowest BCUT2D eigenvalue weighted by molar-refractivity contribution is 0.410. The Kier molecular flexibility index (Phi) is 3.72. The molecule has 0 unspecified atom stereocenters. The molecule has 1 aromatic heterocycles. The van der Waals surface area contributed by atoms with Gasteiger partial charge in [0, 0.05) is 25.4 Å². The van der Waals surface area contributed by atoms with Gasteiger partial charge in [0.05, 0.1) is 17.6 Å². The summed E-state index contributed by atoms with van der Waals surface area (Å²) in [6.45, 7) is 3.51. The van der Waals surface area contributed by atoms with Gasteiger partial charge < -0.3 is 11.1 Å². The van der Waals surface area contributed by atoms with Crippen molar-refractivity contribution < 1.29 is 0 Å². The first-order valence-electron chi connectivity index (χ1n) is 6.15. The van der Waals surface area contributed by atoms with Crippen LogP contribution in [0.1, 0.15) is 43.6 Å². The highest BCUT2D eigenvalue weighted by atomic mass is 15.0. The number of aromatic nitrogens is 2. The summed E-state index contributed by atoms with van der Waals surface area (Å²) in [4.78, 5) is 8.99. The number of aryl methyl sites for hydroxylation is 1. The van der Waals surface area contributed by atoms with Crippen LogP contribution >= 0.6 is 0 Å². The molecule has 0 atom stereocenters. The first-order chi connectivity index (χ1) is 7.85. The van der Waals surface area contributed by atoms with Gasteiger partial charge in [-0.2, -0.15) is 0 Å². The van der Waals surface area contributed by atoms with Crippen LogP contribution in [0.2, 0.25) is 0 Å². The van der Waals surface area contributed by atoms with Crippen LogP contribution in [-0.2, 0) is 6.42 Å². The minimum absolute atomic E-state index is 0.633. The van der Waals surface area contributed by atoms with Gasteiger partial charge in [0.25, 0.3) is 0 Å². The van der Waals surface area contributed by atoms with Crippen LogP contribution in [0.25, 0.3) is 0 Å². The summed E-state index contributed by atoms with van der Waals surface area (Å²) < 4.78 is 0. The van der Waals surface area contributed by atoms with E-state index in [0.717, 1.165) is 24.5 Å². The number of nitrogens with zero attached hydrogens (tertiary/aromatic N) is 2. The quantitative estimate of drug-likeness (QED) is 0.792. The largest absolute Gasteiger partial charge is 0.381 e. The van der Waals surface area contributed by atoms with Crippen molar-refractivity contribution in [2.45, 2.75) is 38.5 Å². The maximum Gasteiger partial charge on any atom is 0.128 e. The van der Waals surface area contributed by atoms with E-state index in [9.17, 15) is 0 Å². The molecule has 3 N–H and O–H groups in total. The lowest BCUT2D eigenvalue weighted by Crippen LogP contribution is -2.19. The molecule has 0 aliphatic heterocycles. The third-order valence-corrected chi connectivity index (χ3v) is 3.14. The van der Waals surface area contributed by atoms with Crippen molar-refractivity contribution in [2.75, 3.05) is 18.4 Å². The molecule has 1 aromatic rings. The fourth-order valence-electron chi connectivity index (χ4n) is 1.94. The molecule has 0 radical (unpaired) electrons. The number of nitrogens with one attached hydrogen (secondary N) is 1. The van der Waals surface area contributed by atoms with Crippen molar-refractivity contribution in [2.24, 2.45) is 5.73 Å². The molecule has 4 nitrogen and oxygen atoms in total. The molecule has 1 aliphatic rings. The van der Waals surface area contributed by atoms with Crippen LogP contribution in [0.5, 0.6) is 0 Å². The maximum atomic E-state index is 5.50. The Labute approximate surface area is 96.7 Å². The molecule has 2 rings (SSSR count). The van der Waals surface area contributed by atoms with Gasteiger partial charge in [-0.15, -0.1) is 0 Å². The van der Waals surface area contributed by atoms with E-state index >= 15 is 0 Å². The van der Waals surface area contributed by atoms with Crippen molar-refractivity contribution in [1.29, 1.82) is 0 Å². The molecule has 4 heteroatoms. The highest BCUT2D eigenvalue weighted by Gasteiger charge is 2.24. The average molecular weight is 220 g/mol. The minimum Gasteiger partial charge on any atom is -0.381 e. The average Bonchev–Trinajstić information content (AvgIpc) is 2.25. The predicted molar refractivity (Wildman–Crippen MR) is 65.5 cm³/mol. The second-order valence-corrected chi connectivity index (χ2v) is 4.28. The highest BCUT2D eigenvalue weighted by molar-refractivity contribution is 5.48. The Hall–Kier alpha value is -1.16. The van der Waals surface area contributed by atoms with E-state index in [2.05, 4.69) is 22.2 Å². The number of anilines is 1. The van der Waals surface area contributed by atoms with Crippen molar-refractivity contribution in [3.63, 3.8) is 0 Å². The van der Waals surface area contributed by atoms with Gasteiger partial charge in [-0.25, -0.2) is 9.97 Å². The van der Waals surface area contributed by atoms with Crippen LogP contribution in [-0.4, -0.2) is 23.1 Å². The SMILES string of the molecule is CCc1ncc(NCCN)c(C2CCC2)n1. The van der Waals surface area contributed by atoms with Crippen molar-refractivity contribution in [1.82, 2.24) is 9.97 Å². The van der Waals surface area contributed by atoms with Gasteiger partial charge in [0.2, 0.25) is 0 Å². The monoisotopic (exact) mass is 220 g/mol. The summed E-state index contributed by atoms with van der Waals surface area (Å²) in [7, 11) is 0. The molecule has 0 aromatic carbocycles. The van der Waals surface area contributed by atoms with E-state index in [1.54, 1.807) is 0 Å². The maximum absolute atomic E-state index is 5.50. The Morgan fingerprint density at radius 3 is 2.88 bits per heavy atom. The third-order valence-electron chi connectivity index (χ3n) is 3.14. The normalized spacial score (nSPS) is 15.9. The molecule has 0 spiro atoms. The molecule has 0 bridgehead atoms. The first kappa shape index (κ1) is 11.3. The molecular formula is C12H20N4. The van der Waals surface area contributed by atoms with Crippen LogP contribution in [0.15, 0.2) is 6.20 Å². The van der Waals surface area contributed by atoms with Gasteiger partial charge in [-0.1, -0.05) is 13.3 Å². The molecule has 1 aliphatic carbocycles. The Morgan fingerprint density at radius 2 is 2.31 bits per heavy atom.